The summed E-state index contributed by atoms with van der Waals surface area (Å²) in [5.41, 5.74) is 0. The van der Waals surface area contributed by atoms with Crippen molar-refractivity contribution in [2.45, 2.75) is 33.6 Å². The number of aliphatic carboxylic acids is 1. The van der Waals surface area contributed by atoms with Gasteiger partial charge in [0.25, 0.3) is 0 Å². The standard InChI is InChI=1S/C10H19NO3/c1-4-11(7-10(13)14)9(12)6-5-8(2)3/h8H,4-7H2,1-3H3,(H,13,14). The maximum absolute atomic E-state index is 11.5. The zero-order valence-corrected chi connectivity index (χ0v) is 9.12. The van der Waals surface area contributed by atoms with Gasteiger partial charge in [-0.2, -0.15) is 0 Å². The molecule has 0 aliphatic rings. The van der Waals surface area contributed by atoms with Gasteiger partial charge in [-0.25, -0.2) is 0 Å². The van der Waals surface area contributed by atoms with Gasteiger partial charge in [0.2, 0.25) is 5.91 Å². The molecule has 0 bridgehead atoms. The maximum atomic E-state index is 11.5. The van der Waals surface area contributed by atoms with E-state index in [-0.39, 0.29) is 12.5 Å². The minimum Gasteiger partial charge on any atom is -0.480 e. The molecule has 4 nitrogen and oxygen atoms in total. The van der Waals surface area contributed by atoms with E-state index in [1.54, 1.807) is 6.92 Å². The quantitative estimate of drug-likeness (QED) is 0.705. The number of amides is 1. The molecule has 82 valence electrons. The second kappa shape index (κ2) is 6.40. The van der Waals surface area contributed by atoms with Crippen molar-refractivity contribution in [3.63, 3.8) is 0 Å². The van der Waals surface area contributed by atoms with Crippen LogP contribution in [0.1, 0.15) is 33.6 Å². The molecule has 0 saturated carbocycles. The number of carboxylic acids is 1. The van der Waals surface area contributed by atoms with Gasteiger partial charge < -0.3 is 10.0 Å². The lowest BCUT2D eigenvalue weighted by Gasteiger charge is -2.18. The molecule has 4 heteroatoms. The fourth-order valence-corrected chi connectivity index (χ4v) is 1.11. The number of hydrogen-bond acceptors (Lipinski definition) is 2. The topological polar surface area (TPSA) is 57.6 Å². The molecule has 0 aromatic rings. The number of nitrogens with zero attached hydrogens (tertiary/aromatic N) is 1. The Morgan fingerprint density at radius 3 is 2.29 bits per heavy atom. The van der Waals surface area contributed by atoms with E-state index in [1.165, 1.54) is 4.90 Å². The predicted octanol–water partition coefficient (Wildman–Crippen LogP) is 1.36. The Morgan fingerprint density at radius 1 is 1.36 bits per heavy atom. The van der Waals surface area contributed by atoms with Crippen LogP contribution in [0.3, 0.4) is 0 Å². The van der Waals surface area contributed by atoms with Crippen LogP contribution in [-0.4, -0.2) is 35.0 Å². The largest absolute Gasteiger partial charge is 0.480 e. The van der Waals surface area contributed by atoms with Gasteiger partial charge in [0.05, 0.1) is 0 Å². The molecule has 0 aromatic heterocycles. The number of carboxylic acid groups (broad SMARTS) is 1. The van der Waals surface area contributed by atoms with E-state index in [1.807, 2.05) is 13.8 Å². The third kappa shape index (κ3) is 5.56. The molecule has 0 aliphatic heterocycles. The fourth-order valence-electron chi connectivity index (χ4n) is 1.11. The number of likely N-dealkylation sites (N-methyl/N-ethyl adjacent to an activating group) is 1. The Labute approximate surface area is 84.9 Å². The lowest BCUT2D eigenvalue weighted by atomic mass is 10.1. The molecule has 0 fully saturated rings. The first-order valence-electron chi connectivity index (χ1n) is 4.97. The summed E-state index contributed by atoms with van der Waals surface area (Å²) in [5, 5.41) is 8.55. The Kier molecular flexibility index (Phi) is 5.92. The second-order valence-electron chi connectivity index (χ2n) is 3.73. The smallest absolute Gasteiger partial charge is 0.323 e. The Morgan fingerprint density at radius 2 is 1.93 bits per heavy atom. The number of hydrogen-bond donors (Lipinski definition) is 1. The van der Waals surface area contributed by atoms with E-state index in [9.17, 15) is 9.59 Å². The van der Waals surface area contributed by atoms with Gasteiger partial charge in [-0.05, 0) is 19.3 Å². The van der Waals surface area contributed by atoms with Gasteiger partial charge >= 0.3 is 5.97 Å². The van der Waals surface area contributed by atoms with Crippen LogP contribution in [0.2, 0.25) is 0 Å². The Bertz CT molecular complexity index is 202. The first-order valence-corrected chi connectivity index (χ1v) is 4.97. The van der Waals surface area contributed by atoms with Crippen molar-refractivity contribution >= 4 is 11.9 Å². The van der Waals surface area contributed by atoms with Crippen LogP contribution >= 0.6 is 0 Å². The van der Waals surface area contributed by atoms with E-state index in [2.05, 4.69) is 0 Å². The van der Waals surface area contributed by atoms with Gasteiger partial charge in [-0.1, -0.05) is 13.8 Å². The lowest BCUT2D eigenvalue weighted by molar-refractivity contribution is -0.144. The van der Waals surface area contributed by atoms with Crippen molar-refractivity contribution in [1.82, 2.24) is 4.90 Å². The van der Waals surface area contributed by atoms with Crippen molar-refractivity contribution in [3.8, 4) is 0 Å². The van der Waals surface area contributed by atoms with Crippen LogP contribution in [0.5, 0.6) is 0 Å². The van der Waals surface area contributed by atoms with E-state index < -0.39 is 5.97 Å². The van der Waals surface area contributed by atoms with Crippen LogP contribution in [0.4, 0.5) is 0 Å². The van der Waals surface area contributed by atoms with Gasteiger partial charge in [0.15, 0.2) is 0 Å². The first-order chi connectivity index (χ1) is 6.47. The summed E-state index contributed by atoms with van der Waals surface area (Å²) >= 11 is 0. The lowest BCUT2D eigenvalue weighted by Crippen LogP contribution is -2.35. The molecule has 14 heavy (non-hydrogen) atoms. The SMILES string of the molecule is CCN(CC(=O)O)C(=O)CCC(C)C. The number of carbonyl (C=O) groups is 2. The summed E-state index contributed by atoms with van der Waals surface area (Å²) < 4.78 is 0. The van der Waals surface area contributed by atoms with E-state index in [0.717, 1.165) is 6.42 Å². The molecule has 0 atom stereocenters. The molecule has 0 saturated heterocycles. The highest BCUT2D eigenvalue weighted by atomic mass is 16.4. The zero-order valence-electron chi connectivity index (χ0n) is 9.12. The van der Waals surface area contributed by atoms with Gasteiger partial charge in [-0.15, -0.1) is 0 Å². The van der Waals surface area contributed by atoms with Crippen LogP contribution in [0, 0.1) is 5.92 Å². The minimum absolute atomic E-state index is 0.0661. The third-order valence-corrected chi connectivity index (χ3v) is 2.00. The molecular formula is C10H19NO3. The third-order valence-electron chi connectivity index (χ3n) is 2.00. The van der Waals surface area contributed by atoms with Crippen LogP contribution in [-0.2, 0) is 9.59 Å². The molecule has 0 spiro atoms. The van der Waals surface area contributed by atoms with Crippen molar-refractivity contribution in [1.29, 1.82) is 0 Å². The summed E-state index contributed by atoms with van der Waals surface area (Å²) in [4.78, 5) is 23.3. The molecule has 0 radical (unpaired) electrons. The summed E-state index contributed by atoms with van der Waals surface area (Å²) in [5.74, 6) is -0.546. The van der Waals surface area contributed by atoms with Crippen molar-refractivity contribution < 1.29 is 14.7 Å². The fraction of sp³-hybridized carbons (Fsp3) is 0.800. The predicted molar refractivity (Wildman–Crippen MR) is 54.0 cm³/mol. The monoisotopic (exact) mass is 201 g/mol. The first kappa shape index (κ1) is 12.9. The summed E-state index contributed by atoms with van der Waals surface area (Å²) in [7, 11) is 0. The zero-order chi connectivity index (χ0) is 11.1. The normalized spacial score (nSPS) is 10.3. The van der Waals surface area contributed by atoms with Crippen molar-refractivity contribution in [2.75, 3.05) is 13.1 Å². The Balaban J connectivity index is 3.98. The van der Waals surface area contributed by atoms with E-state index in [4.69, 9.17) is 5.11 Å². The summed E-state index contributed by atoms with van der Waals surface area (Å²) in [6.07, 6.45) is 1.26. The van der Waals surface area contributed by atoms with Crippen molar-refractivity contribution in [2.24, 2.45) is 5.92 Å². The van der Waals surface area contributed by atoms with Crippen LogP contribution in [0.15, 0.2) is 0 Å². The maximum Gasteiger partial charge on any atom is 0.323 e. The molecule has 1 amide bonds. The van der Waals surface area contributed by atoms with E-state index >= 15 is 0 Å². The average Bonchev–Trinajstić information content (AvgIpc) is 2.09. The summed E-state index contributed by atoms with van der Waals surface area (Å²) in [6.45, 7) is 6.15. The molecule has 0 aliphatic carbocycles. The average molecular weight is 201 g/mol. The van der Waals surface area contributed by atoms with E-state index in [0.29, 0.717) is 18.9 Å². The van der Waals surface area contributed by atoms with Crippen LogP contribution < -0.4 is 0 Å². The summed E-state index contributed by atoms with van der Waals surface area (Å²) in [6, 6.07) is 0. The number of carbonyl (C=O) groups excluding carboxylic acids is 1. The molecule has 0 aromatic carbocycles. The minimum atomic E-state index is -0.954. The highest BCUT2D eigenvalue weighted by Crippen LogP contribution is 2.06. The molecular weight excluding hydrogens is 182 g/mol. The molecule has 0 heterocycles. The Hall–Kier alpha value is -1.06. The van der Waals surface area contributed by atoms with Crippen molar-refractivity contribution in [3.05, 3.63) is 0 Å². The highest BCUT2D eigenvalue weighted by molar-refractivity contribution is 5.81. The van der Waals surface area contributed by atoms with Gasteiger partial charge in [0.1, 0.15) is 6.54 Å². The highest BCUT2D eigenvalue weighted by Gasteiger charge is 2.14. The molecule has 1 N–H and O–H groups in total. The molecule has 0 unspecified atom stereocenters. The van der Waals surface area contributed by atoms with Gasteiger partial charge in [0, 0.05) is 13.0 Å². The molecule has 0 rings (SSSR count). The van der Waals surface area contributed by atoms with Gasteiger partial charge in [-0.3, -0.25) is 9.59 Å². The number of rotatable bonds is 6. The second-order valence-corrected chi connectivity index (χ2v) is 3.73. The van der Waals surface area contributed by atoms with Crippen LogP contribution in [0.25, 0.3) is 0 Å².